The van der Waals surface area contributed by atoms with E-state index in [0.29, 0.717) is 30.6 Å². The Morgan fingerprint density at radius 3 is 2.85 bits per heavy atom. The lowest BCUT2D eigenvalue weighted by Crippen LogP contribution is -2.47. The number of nitrogens with one attached hydrogen (secondary N) is 1. The van der Waals surface area contributed by atoms with Crippen LogP contribution in [0, 0.1) is 17.2 Å². The molecule has 0 unspecified atom stereocenters. The van der Waals surface area contributed by atoms with E-state index in [1.165, 1.54) is 0 Å². The van der Waals surface area contributed by atoms with Crippen LogP contribution in [0.25, 0.3) is 0 Å². The molecule has 0 bridgehead atoms. The van der Waals surface area contributed by atoms with Crippen molar-refractivity contribution in [2.75, 3.05) is 11.9 Å². The lowest BCUT2D eigenvalue weighted by atomic mass is 9.87. The number of amides is 1. The number of nitriles is 1. The molecule has 1 amide bonds. The van der Waals surface area contributed by atoms with Crippen LogP contribution in [-0.2, 0) is 11.8 Å². The number of hydrogen-bond acceptors (Lipinski definition) is 6. The maximum absolute atomic E-state index is 12.6. The van der Waals surface area contributed by atoms with Gasteiger partial charge in [0.1, 0.15) is 17.6 Å². The minimum atomic E-state index is -0.0459. The highest BCUT2D eigenvalue weighted by atomic mass is 16.2. The molecular weight excluding hydrogens is 330 g/mol. The molecule has 1 saturated carbocycles. The van der Waals surface area contributed by atoms with Crippen molar-refractivity contribution in [3.8, 4) is 6.07 Å². The summed E-state index contributed by atoms with van der Waals surface area (Å²) in [6.07, 6.45) is 8.77. The quantitative estimate of drug-likeness (QED) is 0.879. The number of hydrogen-bond donors (Lipinski definition) is 1. The molecule has 1 aliphatic heterocycles. The second-order valence-corrected chi connectivity index (χ2v) is 6.93. The van der Waals surface area contributed by atoms with Gasteiger partial charge in [0.25, 0.3) is 0 Å². The molecule has 8 nitrogen and oxygen atoms in total. The highest BCUT2D eigenvalue weighted by molar-refractivity contribution is 5.78. The largest absolute Gasteiger partial charge is 0.354 e. The summed E-state index contributed by atoms with van der Waals surface area (Å²) >= 11 is 0. The molecule has 1 N–H and O–H groups in total. The summed E-state index contributed by atoms with van der Waals surface area (Å²) in [6.45, 7) is 0.628. The molecule has 2 aromatic rings. The second kappa shape index (κ2) is 6.75. The maximum Gasteiger partial charge on any atom is 0.223 e. The molecule has 1 saturated heterocycles. The Labute approximate surface area is 151 Å². The van der Waals surface area contributed by atoms with Gasteiger partial charge in [0, 0.05) is 50.6 Å². The van der Waals surface area contributed by atoms with E-state index in [1.54, 1.807) is 18.5 Å². The summed E-state index contributed by atoms with van der Waals surface area (Å²) in [7, 11) is 1.97. The third-order valence-corrected chi connectivity index (χ3v) is 5.12. The Kier molecular flexibility index (Phi) is 4.29. The van der Waals surface area contributed by atoms with Gasteiger partial charge in [-0.3, -0.25) is 4.79 Å². The van der Waals surface area contributed by atoms with Crippen molar-refractivity contribution in [3.05, 3.63) is 36.2 Å². The number of imidazole rings is 1. The van der Waals surface area contributed by atoms with E-state index in [-0.39, 0.29) is 17.9 Å². The molecule has 134 valence electrons. The molecule has 2 fully saturated rings. The van der Waals surface area contributed by atoms with Gasteiger partial charge in [0.2, 0.25) is 11.9 Å². The molecule has 4 rings (SSSR count). The highest BCUT2D eigenvalue weighted by Crippen LogP contribution is 2.42. The minimum absolute atomic E-state index is 0.0459. The second-order valence-electron chi connectivity index (χ2n) is 6.93. The molecule has 3 heterocycles. The van der Waals surface area contributed by atoms with Crippen LogP contribution in [-0.4, -0.2) is 42.9 Å². The number of carbonyl (C=O) groups excluding carboxylic acids is 1. The Hall–Kier alpha value is -2.95. The number of rotatable bonds is 5. The minimum Gasteiger partial charge on any atom is -0.354 e. The molecule has 0 spiro atoms. The number of nitrogens with zero attached hydrogens (tertiary/aromatic N) is 6. The first kappa shape index (κ1) is 16.5. The molecule has 0 aromatic carbocycles. The lowest BCUT2D eigenvalue weighted by Gasteiger charge is -2.41. The van der Waals surface area contributed by atoms with Crippen molar-refractivity contribution in [1.29, 1.82) is 5.26 Å². The number of aromatic nitrogens is 4. The topological polar surface area (TPSA) is 99.7 Å². The summed E-state index contributed by atoms with van der Waals surface area (Å²) in [5.41, 5.74) is 0.335. The first-order valence-corrected chi connectivity index (χ1v) is 8.93. The van der Waals surface area contributed by atoms with E-state index < -0.39 is 0 Å². The van der Waals surface area contributed by atoms with Gasteiger partial charge in [-0.25, -0.2) is 15.0 Å². The average Bonchev–Trinajstić information content (AvgIpc) is 3.41. The van der Waals surface area contributed by atoms with Crippen molar-refractivity contribution in [2.24, 2.45) is 13.0 Å². The fraction of sp³-hybridized carbons (Fsp3) is 0.500. The molecule has 1 aliphatic carbocycles. The standard InChI is InChI=1S/C18H21N7O/c1-24-9-8-20-17(24)16-12(2-5-15(26)25(16)14-3-4-14)11-22-18-21-7-6-13(10-19)23-18/h6-9,12,14,16H,2-5,11H2,1H3,(H,21,22,23)/t12-,16+/m1/s1. The number of likely N-dealkylation sites (tertiary alicyclic amines) is 1. The monoisotopic (exact) mass is 351 g/mol. The van der Waals surface area contributed by atoms with Crippen LogP contribution in [0.5, 0.6) is 0 Å². The normalized spacial score (nSPS) is 22.9. The van der Waals surface area contributed by atoms with E-state index in [2.05, 4.69) is 20.3 Å². The number of aryl methyl sites for hydroxylation is 1. The van der Waals surface area contributed by atoms with Gasteiger partial charge in [-0.15, -0.1) is 0 Å². The molecule has 0 radical (unpaired) electrons. The SMILES string of the molecule is Cn1ccnc1[C@@H]1[C@@H](CNc2nccc(C#N)n2)CCC(=O)N1C1CC1. The van der Waals surface area contributed by atoms with Gasteiger partial charge in [-0.05, 0) is 25.3 Å². The van der Waals surface area contributed by atoms with Crippen molar-refractivity contribution in [3.63, 3.8) is 0 Å². The third-order valence-electron chi connectivity index (χ3n) is 5.12. The van der Waals surface area contributed by atoms with Crippen LogP contribution in [0.3, 0.4) is 0 Å². The van der Waals surface area contributed by atoms with Crippen LogP contribution in [0.15, 0.2) is 24.7 Å². The number of carbonyl (C=O) groups is 1. The van der Waals surface area contributed by atoms with Crippen molar-refractivity contribution in [1.82, 2.24) is 24.4 Å². The summed E-state index contributed by atoms with van der Waals surface area (Å²) < 4.78 is 2.00. The molecule has 26 heavy (non-hydrogen) atoms. The molecule has 2 aliphatic rings. The highest BCUT2D eigenvalue weighted by Gasteiger charge is 2.45. The van der Waals surface area contributed by atoms with E-state index in [0.717, 1.165) is 25.1 Å². The predicted octanol–water partition coefficient (Wildman–Crippen LogP) is 1.64. The van der Waals surface area contributed by atoms with Crippen LogP contribution >= 0.6 is 0 Å². The van der Waals surface area contributed by atoms with E-state index >= 15 is 0 Å². The zero-order valence-corrected chi connectivity index (χ0v) is 14.7. The fourth-order valence-corrected chi connectivity index (χ4v) is 3.70. The Bertz CT molecular complexity index is 851. The molecule has 2 aromatic heterocycles. The summed E-state index contributed by atoms with van der Waals surface area (Å²) in [5, 5.41) is 12.2. The zero-order chi connectivity index (χ0) is 18.1. The van der Waals surface area contributed by atoms with Crippen molar-refractivity contribution >= 4 is 11.9 Å². The first-order valence-electron chi connectivity index (χ1n) is 8.93. The Balaban J connectivity index is 1.57. The lowest BCUT2D eigenvalue weighted by molar-refractivity contribution is -0.140. The van der Waals surface area contributed by atoms with Crippen LogP contribution in [0.1, 0.15) is 43.2 Å². The Morgan fingerprint density at radius 2 is 2.15 bits per heavy atom. The van der Waals surface area contributed by atoms with Crippen molar-refractivity contribution < 1.29 is 4.79 Å². The number of anilines is 1. The Morgan fingerprint density at radius 1 is 1.31 bits per heavy atom. The van der Waals surface area contributed by atoms with Gasteiger partial charge in [0.15, 0.2) is 0 Å². The van der Waals surface area contributed by atoms with Gasteiger partial charge >= 0.3 is 0 Å². The van der Waals surface area contributed by atoms with Gasteiger partial charge in [-0.1, -0.05) is 0 Å². The van der Waals surface area contributed by atoms with E-state index in [9.17, 15) is 4.79 Å². The van der Waals surface area contributed by atoms with Crippen LogP contribution in [0.2, 0.25) is 0 Å². The zero-order valence-electron chi connectivity index (χ0n) is 14.7. The maximum atomic E-state index is 12.6. The van der Waals surface area contributed by atoms with Gasteiger partial charge in [0.05, 0.1) is 6.04 Å². The smallest absolute Gasteiger partial charge is 0.223 e. The summed E-state index contributed by atoms with van der Waals surface area (Å²) in [4.78, 5) is 27.5. The van der Waals surface area contributed by atoms with Crippen LogP contribution < -0.4 is 5.32 Å². The summed E-state index contributed by atoms with van der Waals surface area (Å²) in [5.74, 6) is 1.80. The van der Waals surface area contributed by atoms with Gasteiger partial charge < -0.3 is 14.8 Å². The average molecular weight is 351 g/mol. The summed E-state index contributed by atoms with van der Waals surface area (Å²) in [6, 6.07) is 3.89. The number of piperidine rings is 1. The van der Waals surface area contributed by atoms with E-state index in [1.807, 2.05) is 28.8 Å². The molecule has 2 atom stereocenters. The molecule has 8 heteroatoms. The fourth-order valence-electron chi connectivity index (χ4n) is 3.70. The van der Waals surface area contributed by atoms with E-state index in [4.69, 9.17) is 5.26 Å². The van der Waals surface area contributed by atoms with Crippen molar-refractivity contribution in [2.45, 2.75) is 37.8 Å². The third kappa shape index (κ3) is 3.12. The predicted molar refractivity (Wildman–Crippen MR) is 93.8 cm³/mol. The van der Waals surface area contributed by atoms with Crippen LogP contribution in [0.4, 0.5) is 5.95 Å². The van der Waals surface area contributed by atoms with Gasteiger partial charge in [-0.2, -0.15) is 5.26 Å². The molecular formula is C18H21N7O. The first-order chi connectivity index (χ1) is 12.7.